The van der Waals surface area contributed by atoms with Crippen LogP contribution < -0.4 is 5.73 Å². The minimum absolute atomic E-state index is 0.0604. The largest absolute Gasteiger partial charge is 0.416 e. The first-order valence-corrected chi connectivity index (χ1v) is 7.58. The van der Waals surface area contributed by atoms with Crippen molar-refractivity contribution in [2.24, 2.45) is 5.73 Å². The van der Waals surface area contributed by atoms with Crippen molar-refractivity contribution in [3.63, 3.8) is 0 Å². The molecule has 0 aliphatic heterocycles. The molecule has 2 aromatic rings. The van der Waals surface area contributed by atoms with Gasteiger partial charge in [-0.05, 0) is 26.0 Å². The number of nitrogens with two attached hydrogens (primary N) is 1. The highest BCUT2D eigenvalue weighted by Crippen LogP contribution is 2.33. The Hall–Kier alpha value is -2.03. The summed E-state index contributed by atoms with van der Waals surface area (Å²) in [7, 11) is 0. The molecule has 2 rings (SSSR count). The van der Waals surface area contributed by atoms with Crippen LogP contribution in [-0.4, -0.2) is 21.3 Å². The van der Waals surface area contributed by atoms with Crippen molar-refractivity contribution in [2.45, 2.75) is 30.5 Å². The Labute approximate surface area is 134 Å². The van der Waals surface area contributed by atoms with Crippen LogP contribution >= 0.6 is 11.8 Å². The third-order valence-electron chi connectivity index (χ3n) is 3.05. The molecule has 1 heterocycles. The van der Waals surface area contributed by atoms with Gasteiger partial charge in [0, 0.05) is 5.56 Å². The van der Waals surface area contributed by atoms with E-state index in [0.717, 1.165) is 12.1 Å². The minimum Gasteiger partial charge on any atom is -0.369 e. The van der Waals surface area contributed by atoms with Crippen molar-refractivity contribution in [3.05, 3.63) is 35.7 Å². The van der Waals surface area contributed by atoms with E-state index in [4.69, 9.17) is 10.3 Å². The Morgan fingerprint density at radius 1 is 1.35 bits per heavy atom. The van der Waals surface area contributed by atoms with Gasteiger partial charge in [0.05, 0.1) is 16.1 Å². The van der Waals surface area contributed by atoms with Gasteiger partial charge in [0.2, 0.25) is 17.6 Å². The molecule has 0 radical (unpaired) electrons. The highest BCUT2D eigenvalue weighted by molar-refractivity contribution is 8.00. The van der Waals surface area contributed by atoms with E-state index in [1.807, 2.05) is 0 Å². The van der Waals surface area contributed by atoms with E-state index in [1.165, 1.54) is 23.9 Å². The summed E-state index contributed by atoms with van der Waals surface area (Å²) >= 11 is 1.23. The fraction of sp³-hybridized carbons (Fsp3) is 0.357. The second kappa shape index (κ2) is 6.61. The van der Waals surface area contributed by atoms with Gasteiger partial charge >= 0.3 is 6.18 Å². The van der Waals surface area contributed by atoms with Gasteiger partial charge in [-0.2, -0.15) is 18.2 Å². The number of hydrogen-bond donors (Lipinski definition) is 1. The van der Waals surface area contributed by atoms with Crippen LogP contribution in [0.4, 0.5) is 13.2 Å². The van der Waals surface area contributed by atoms with Gasteiger partial charge in [0.15, 0.2) is 0 Å². The molecule has 0 saturated heterocycles. The average molecular weight is 345 g/mol. The van der Waals surface area contributed by atoms with Crippen LogP contribution in [0.3, 0.4) is 0 Å². The van der Waals surface area contributed by atoms with Gasteiger partial charge in [0.25, 0.3) is 0 Å². The van der Waals surface area contributed by atoms with Crippen LogP contribution in [0.15, 0.2) is 28.8 Å². The summed E-state index contributed by atoms with van der Waals surface area (Å²) in [4.78, 5) is 15.2. The summed E-state index contributed by atoms with van der Waals surface area (Å²) in [6.07, 6.45) is -4.44. The predicted octanol–water partition coefficient (Wildman–Crippen LogP) is 3.42. The maximum absolute atomic E-state index is 12.7. The second-order valence-electron chi connectivity index (χ2n) is 4.86. The van der Waals surface area contributed by atoms with Crippen LogP contribution in [0.1, 0.15) is 30.6 Å². The Morgan fingerprint density at radius 2 is 2.04 bits per heavy atom. The molecule has 0 saturated carbocycles. The van der Waals surface area contributed by atoms with E-state index in [0.29, 0.717) is 0 Å². The number of primary amides is 1. The van der Waals surface area contributed by atoms with Gasteiger partial charge in [-0.15, -0.1) is 11.8 Å². The maximum atomic E-state index is 12.7. The number of carbonyl (C=O) groups excluding carboxylic acids is 1. The van der Waals surface area contributed by atoms with E-state index in [9.17, 15) is 18.0 Å². The number of alkyl halides is 3. The van der Waals surface area contributed by atoms with Gasteiger partial charge in [-0.3, -0.25) is 4.79 Å². The number of benzene rings is 1. The molecule has 1 aromatic carbocycles. The van der Waals surface area contributed by atoms with Crippen molar-refractivity contribution in [3.8, 4) is 11.4 Å². The van der Waals surface area contributed by atoms with Gasteiger partial charge in [-0.25, -0.2) is 0 Å². The van der Waals surface area contributed by atoms with E-state index < -0.39 is 22.9 Å². The molecule has 5 nitrogen and oxygen atoms in total. The zero-order valence-electron chi connectivity index (χ0n) is 12.3. The Kier molecular flexibility index (Phi) is 4.98. The first kappa shape index (κ1) is 17.3. The molecule has 0 fully saturated rings. The van der Waals surface area contributed by atoms with E-state index in [1.54, 1.807) is 13.8 Å². The molecule has 1 amide bonds. The van der Waals surface area contributed by atoms with Gasteiger partial charge in [0.1, 0.15) is 0 Å². The molecule has 2 atom stereocenters. The van der Waals surface area contributed by atoms with Crippen LogP contribution in [0.25, 0.3) is 11.4 Å². The van der Waals surface area contributed by atoms with Crippen molar-refractivity contribution < 1.29 is 22.5 Å². The standard InChI is InChI=1S/C14H14F3N3O2S/c1-7(11(18)21)23-8(2)13-19-12(20-22-13)9-4-3-5-10(6-9)14(15,16)17/h3-8H,1-2H3,(H2,18,21)/t7-,8-/m0/s1. The monoisotopic (exact) mass is 345 g/mol. The number of carbonyl (C=O) groups is 1. The number of hydrogen-bond acceptors (Lipinski definition) is 5. The van der Waals surface area contributed by atoms with Crippen LogP contribution in [0.2, 0.25) is 0 Å². The number of thioether (sulfide) groups is 1. The Bertz CT molecular complexity index is 703. The number of amides is 1. The molecule has 0 unspecified atom stereocenters. The molecule has 0 aliphatic carbocycles. The molecular formula is C14H14F3N3O2S. The highest BCUT2D eigenvalue weighted by atomic mass is 32.2. The lowest BCUT2D eigenvalue weighted by molar-refractivity contribution is -0.137. The van der Waals surface area contributed by atoms with Crippen LogP contribution in [-0.2, 0) is 11.0 Å². The second-order valence-corrected chi connectivity index (χ2v) is 6.54. The zero-order chi connectivity index (χ0) is 17.2. The number of aromatic nitrogens is 2. The van der Waals surface area contributed by atoms with Crippen molar-refractivity contribution >= 4 is 17.7 Å². The van der Waals surface area contributed by atoms with Crippen LogP contribution in [0.5, 0.6) is 0 Å². The molecule has 124 valence electrons. The first-order chi connectivity index (χ1) is 10.7. The number of rotatable bonds is 5. The maximum Gasteiger partial charge on any atom is 0.416 e. The SMILES string of the molecule is C[C@H](S[C@@H](C)c1nc(-c2cccc(C(F)(F)F)c2)no1)C(N)=O. The van der Waals surface area contributed by atoms with E-state index >= 15 is 0 Å². The molecule has 2 N–H and O–H groups in total. The molecule has 0 spiro atoms. The molecule has 9 heteroatoms. The minimum atomic E-state index is -4.44. The van der Waals surface area contributed by atoms with Gasteiger partial charge in [-0.1, -0.05) is 17.3 Å². The fourth-order valence-corrected chi connectivity index (χ4v) is 2.74. The number of nitrogens with zero attached hydrogens (tertiary/aromatic N) is 2. The zero-order valence-corrected chi connectivity index (χ0v) is 13.1. The highest BCUT2D eigenvalue weighted by Gasteiger charge is 2.31. The fourth-order valence-electron chi connectivity index (χ4n) is 1.78. The van der Waals surface area contributed by atoms with E-state index in [2.05, 4.69) is 10.1 Å². The lowest BCUT2D eigenvalue weighted by atomic mass is 10.1. The Balaban J connectivity index is 2.21. The van der Waals surface area contributed by atoms with E-state index in [-0.39, 0.29) is 22.5 Å². The predicted molar refractivity (Wildman–Crippen MR) is 79.4 cm³/mol. The lowest BCUT2D eigenvalue weighted by Crippen LogP contribution is -2.23. The summed E-state index contributed by atoms with van der Waals surface area (Å²) < 4.78 is 43.2. The van der Waals surface area contributed by atoms with Crippen molar-refractivity contribution in [1.82, 2.24) is 10.1 Å². The first-order valence-electron chi connectivity index (χ1n) is 6.64. The van der Waals surface area contributed by atoms with Crippen LogP contribution in [0, 0.1) is 0 Å². The summed E-state index contributed by atoms with van der Waals surface area (Å²) in [6, 6.07) is 4.67. The van der Waals surface area contributed by atoms with Crippen molar-refractivity contribution in [1.29, 1.82) is 0 Å². The molecule has 23 heavy (non-hydrogen) atoms. The summed E-state index contributed by atoms with van der Waals surface area (Å²) in [5, 5.41) is 2.93. The normalized spacial score (nSPS) is 14.5. The van der Waals surface area contributed by atoms with Crippen molar-refractivity contribution in [2.75, 3.05) is 0 Å². The molecule has 1 aromatic heterocycles. The summed E-state index contributed by atoms with van der Waals surface area (Å²) in [6.45, 7) is 3.39. The third-order valence-corrected chi connectivity index (χ3v) is 4.30. The van der Waals surface area contributed by atoms with Gasteiger partial charge < -0.3 is 10.3 Å². The number of halogens is 3. The quantitative estimate of drug-likeness (QED) is 0.898. The molecule has 0 aliphatic rings. The molecular weight excluding hydrogens is 331 g/mol. The average Bonchev–Trinajstić information content (AvgIpc) is 2.96. The molecule has 0 bridgehead atoms. The summed E-state index contributed by atoms with van der Waals surface area (Å²) in [5.74, 6) is -0.194. The lowest BCUT2D eigenvalue weighted by Gasteiger charge is -2.10. The smallest absolute Gasteiger partial charge is 0.369 e. The topological polar surface area (TPSA) is 82.0 Å². The summed E-state index contributed by atoms with van der Waals surface area (Å²) in [5.41, 5.74) is 4.60. The Morgan fingerprint density at radius 3 is 2.65 bits per heavy atom. The third kappa shape index (κ3) is 4.25.